The first-order chi connectivity index (χ1) is 18.6. The van der Waals surface area contributed by atoms with Crippen LogP contribution in [0.5, 0.6) is 0 Å². The number of imidazole rings is 2. The van der Waals surface area contributed by atoms with Crippen molar-refractivity contribution in [2.24, 2.45) is 7.05 Å². The van der Waals surface area contributed by atoms with E-state index in [1.165, 1.54) is 22.3 Å². The lowest BCUT2D eigenvalue weighted by molar-refractivity contribution is 0.722. The summed E-state index contributed by atoms with van der Waals surface area (Å²) in [6.45, 7) is 9.13. The summed E-state index contributed by atoms with van der Waals surface area (Å²) in [4.78, 5) is 10.1. The quantitative estimate of drug-likeness (QED) is 0.223. The summed E-state index contributed by atoms with van der Waals surface area (Å²) >= 11 is 0. The molecule has 4 nitrogen and oxygen atoms in total. The Morgan fingerprint density at radius 2 is 1.61 bits per heavy atom. The molecule has 4 heteroatoms. The third kappa shape index (κ3) is 4.12. The summed E-state index contributed by atoms with van der Waals surface area (Å²) in [6.07, 6.45) is 3.92. The van der Waals surface area contributed by atoms with Crippen molar-refractivity contribution in [3.63, 3.8) is 0 Å². The molecule has 188 valence electrons. The molecule has 0 aliphatic carbocycles. The molecule has 0 atom stereocenters. The van der Waals surface area contributed by atoms with Gasteiger partial charge in [0.25, 0.3) is 0 Å². The van der Waals surface area contributed by atoms with E-state index in [2.05, 4.69) is 115 Å². The molecule has 0 spiro atoms. The first-order valence-corrected chi connectivity index (χ1v) is 13.3. The normalized spacial score (nSPS) is 11.4. The van der Waals surface area contributed by atoms with Gasteiger partial charge < -0.3 is 9.13 Å². The van der Waals surface area contributed by atoms with Gasteiger partial charge in [-0.25, -0.2) is 9.97 Å². The summed E-state index contributed by atoms with van der Waals surface area (Å²) in [6, 6.07) is 30.1. The molecule has 0 radical (unpaired) electrons. The van der Waals surface area contributed by atoms with Crippen LogP contribution in [0, 0.1) is 6.92 Å². The van der Waals surface area contributed by atoms with E-state index in [1.807, 2.05) is 12.1 Å². The lowest BCUT2D eigenvalue weighted by atomic mass is 9.99. The van der Waals surface area contributed by atoms with Crippen molar-refractivity contribution >= 4 is 28.1 Å². The van der Waals surface area contributed by atoms with Crippen molar-refractivity contribution in [3.05, 3.63) is 114 Å². The molecule has 4 aromatic carbocycles. The predicted octanol–water partition coefficient (Wildman–Crippen LogP) is 8.21. The van der Waals surface area contributed by atoms with Crippen LogP contribution < -0.4 is 0 Å². The Morgan fingerprint density at radius 3 is 2.37 bits per heavy atom. The standard InChI is InChI=1S/C34H32N4/c1-5-11-32-36-33-23(3)20-27(34-35-29-14-9-10-15-30(29)37(34)4)21-31(33)38(32)22-24-16-18-26(19-17-24)28-13-8-7-12-25(28)6-2/h6-10,12-21H,2,5,11,22H2,1,3-4H3. The van der Waals surface area contributed by atoms with E-state index in [-0.39, 0.29) is 0 Å². The minimum atomic E-state index is 0.778. The van der Waals surface area contributed by atoms with Gasteiger partial charge >= 0.3 is 0 Å². The average molecular weight is 497 g/mol. The van der Waals surface area contributed by atoms with Crippen LogP contribution in [-0.4, -0.2) is 19.1 Å². The fraction of sp³-hybridized carbons (Fsp3) is 0.176. The monoisotopic (exact) mass is 496 g/mol. The third-order valence-corrected chi connectivity index (χ3v) is 7.43. The van der Waals surface area contributed by atoms with E-state index < -0.39 is 0 Å². The first kappa shape index (κ1) is 23.9. The lowest BCUT2D eigenvalue weighted by Crippen LogP contribution is -2.05. The first-order valence-electron chi connectivity index (χ1n) is 13.3. The SMILES string of the molecule is C=Cc1ccccc1-c1ccc(Cn2c(CCC)nc3c(C)cc(-c4nc5ccccc5n4C)cc32)cc1. The summed E-state index contributed by atoms with van der Waals surface area (Å²) < 4.78 is 4.58. The smallest absolute Gasteiger partial charge is 0.140 e. The van der Waals surface area contributed by atoms with E-state index in [0.29, 0.717) is 0 Å². The molecule has 0 fully saturated rings. The number of para-hydroxylation sites is 2. The Labute approximate surface area is 223 Å². The number of rotatable bonds is 7. The fourth-order valence-corrected chi connectivity index (χ4v) is 5.47. The zero-order valence-electron chi connectivity index (χ0n) is 22.3. The second-order valence-electron chi connectivity index (χ2n) is 10.00. The second-order valence-corrected chi connectivity index (χ2v) is 10.00. The summed E-state index contributed by atoms with van der Waals surface area (Å²) in [5.74, 6) is 2.11. The van der Waals surface area contributed by atoms with Crippen molar-refractivity contribution in [2.75, 3.05) is 0 Å². The Bertz CT molecular complexity index is 1780. The van der Waals surface area contributed by atoms with Crippen molar-refractivity contribution in [3.8, 4) is 22.5 Å². The molecular formula is C34H32N4. The minimum Gasteiger partial charge on any atom is -0.327 e. The molecule has 0 saturated heterocycles. The van der Waals surface area contributed by atoms with Crippen molar-refractivity contribution in [1.29, 1.82) is 0 Å². The van der Waals surface area contributed by atoms with Gasteiger partial charge in [-0.05, 0) is 65.4 Å². The molecule has 0 aliphatic rings. The van der Waals surface area contributed by atoms with E-state index >= 15 is 0 Å². The second kappa shape index (κ2) is 9.79. The molecule has 2 aromatic heterocycles. The zero-order chi connectivity index (χ0) is 26.2. The Balaban J connectivity index is 1.43. The number of benzene rings is 4. The van der Waals surface area contributed by atoms with Crippen LogP contribution in [0.25, 0.3) is 50.7 Å². The zero-order valence-corrected chi connectivity index (χ0v) is 22.3. The third-order valence-electron chi connectivity index (χ3n) is 7.43. The lowest BCUT2D eigenvalue weighted by Gasteiger charge is -2.12. The molecular weight excluding hydrogens is 464 g/mol. The van der Waals surface area contributed by atoms with E-state index in [9.17, 15) is 0 Å². The van der Waals surface area contributed by atoms with Crippen molar-refractivity contribution in [2.45, 2.75) is 33.2 Å². The highest BCUT2D eigenvalue weighted by molar-refractivity contribution is 5.87. The van der Waals surface area contributed by atoms with Gasteiger partial charge in [0.1, 0.15) is 11.6 Å². The Morgan fingerprint density at radius 1 is 0.842 bits per heavy atom. The molecule has 0 amide bonds. The van der Waals surface area contributed by atoms with E-state index in [0.717, 1.165) is 64.2 Å². The van der Waals surface area contributed by atoms with Crippen LogP contribution in [-0.2, 0) is 20.0 Å². The van der Waals surface area contributed by atoms with E-state index in [4.69, 9.17) is 9.97 Å². The van der Waals surface area contributed by atoms with Gasteiger partial charge in [-0.1, -0.05) is 80.2 Å². The largest absolute Gasteiger partial charge is 0.327 e. The molecule has 2 heterocycles. The number of nitrogens with zero attached hydrogens (tertiary/aromatic N) is 4. The van der Waals surface area contributed by atoms with Crippen LogP contribution in [0.4, 0.5) is 0 Å². The van der Waals surface area contributed by atoms with Gasteiger partial charge in [0.2, 0.25) is 0 Å². The van der Waals surface area contributed by atoms with Crippen LogP contribution in [0.1, 0.15) is 35.9 Å². The van der Waals surface area contributed by atoms with Crippen LogP contribution in [0.15, 0.2) is 91.5 Å². The maximum absolute atomic E-state index is 5.11. The molecule has 38 heavy (non-hydrogen) atoms. The summed E-state index contributed by atoms with van der Waals surface area (Å²) in [5, 5.41) is 0. The average Bonchev–Trinajstić information content (AvgIpc) is 3.47. The predicted molar refractivity (Wildman–Crippen MR) is 159 cm³/mol. The van der Waals surface area contributed by atoms with Gasteiger partial charge in [0.05, 0.1) is 22.1 Å². The molecule has 0 unspecified atom stereocenters. The maximum Gasteiger partial charge on any atom is 0.140 e. The Kier molecular flexibility index (Phi) is 6.16. The molecule has 6 aromatic rings. The highest BCUT2D eigenvalue weighted by Crippen LogP contribution is 2.31. The number of hydrogen-bond acceptors (Lipinski definition) is 2. The molecule has 6 rings (SSSR count). The van der Waals surface area contributed by atoms with E-state index in [1.54, 1.807) is 0 Å². The highest BCUT2D eigenvalue weighted by atomic mass is 15.1. The van der Waals surface area contributed by atoms with Crippen LogP contribution >= 0.6 is 0 Å². The Hall–Kier alpha value is -4.44. The number of aromatic nitrogens is 4. The van der Waals surface area contributed by atoms with Crippen molar-refractivity contribution in [1.82, 2.24) is 19.1 Å². The van der Waals surface area contributed by atoms with Gasteiger partial charge in [0, 0.05) is 25.6 Å². The van der Waals surface area contributed by atoms with Crippen LogP contribution in [0.3, 0.4) is 0 Å². The maximum atomic E-state index is 5.11. The number of fused-ring (bicyclic) bond motifs is 2. The number of aryl methyl sites for hydroxylation is 3. The topological polar surface area (TPSA) is 35.6 Å². The van der Waals surface area contributed by atoms with Gasteiger partial charge in [-0.2, -0.15) is 0 Å². The number of hydrogen-bond donors (Lipinski definition) is 0. The van der Waals surface area contributed by atoms with Gasteiger partial charge in [-0.15, -0.1) is 0 Å². The molecule has 0 saturated carbocycles. The molecule has 0 aliphatic heterocycles. The highest BCUT2D eigenvalue weighted by Gasteiger charge is 2.17. The minimum absolute atomic E-state index is 0.778. The fourth-order valence-electron chi connectivity index (χ4n) is 5.47. The summed E-state index contributed by atoms with van der Waals surface area (Å²) in [7, 11) is 2.09. The summed E-state index contributed by atoms with van der Waals surface area (Å²) in [5.41, 5.74) is 11.5. The van der Waals surface area contributed by atoms with Gasteiger partial charge in [-0.3, -0.25) is 0 Å². The van der Waals surface area contributed by atoms with Gasteiger partial charge in [0.15, 0.2) is 0 Å². The molecule has 0 N–H and O–H groups in total. The van der Waals surface area contributed by atoms with Crippen LogP contribution in [0.2, 0.25) is 0 Å². The molecule has 0 bridgehead atoms. The van der Waals surface area contributed by atoms with Crippen molar-refractivity contribution < 1.29 is 0 Å².